The summed E-state index contributed by atoms with van der Waals surface area (Å²) in [5, 5.41) is 0. The molecule has 2 rings (SSSR count). The Hall–Kier alpha value is -0.770. The number of likely N-dealkylation sites (tertiary alicyclic amines) is 2. The third-order valence-corrected chi connectivity index (χ3v) is 3.69. The number of hydrogen-bond donors (Lipinski definition) is 0. The normalized spacial score (nSPS) is 30.2. The quantitative estimate of drug-likeness (QED) is 0.649. The van der Waals surface area contributed by atoms with E-state index in [1.165, 1.54) is 6.42 Å². The van der Waals surface area contributed by atoms with Crippen LogP contribution in [0.25, 0.3) is 0 Å². The minimum Gasteiger partial charge on any atom is -0.444 e. The first-order valence-electron chi connectivity index (χ1n) is 6.55. The van der Waals surface area contributed by atoms with Gasteiger partial charge in [0.2, 0.25) is 0 Å². The van der Waals surface area contributed by atoms with Crippen molar-refractivity contribution in [1.82, 2.24) is 9.80 Å². The standard InChI is InChI=1S/C13H24N2O2/c1-13(2,3)17-12(16)15-8-6-10-5-7-14(4)9-11(10)15/h10-11H,5-9H2,1-4H3. The predicted molar refractivity (Wildman–Crippen MR) is 66.9 cm³/mol. The van der Waals surface area contributed by atoms with Crippen LogP contribution in [-0.4, -0.2) is 54.2 Å². The van der Waals surface area contributed by atoms with E-state index in [0.717, 1.165) is 26.1 Å². The number of hydrogen-bond acceptors (Lipinski definition) is 3. The SMILES string of the molecule is CN1CCC2CCN(C(=O)OC(C)(C)C)C2C1. The number of fused-ring (bicyclic) bond motifs is 1. The molecule has 98 valence electrons. The molecule has 0 radical (unpaired) electrons. The smallest absolute Gasteiger partial charge is 0.410 e. The van der Waals surface area contributed by atoms with Crippen molar-refractivity contribution in [1.29, 1.82) is 0 Å². The monoisotopic (exact) mass is 240 g/mol. The van der Waals surface area contributed by atoms with Crippen LogP contribution in [-0.2, 0) is 4.74 Å². The highest BCUT2D eigenvalue weighted by molar-refractivity contribution is 5.69. The summed E-state index contributed by atoms with van der Waals surface area (Å²) in [5.74, 6) is 0.679. The minimum absolute atomic E-state index is 0.139. The molecule has 4 nitrogen and oxygen atoms in total. The molecule has 2 heterocycles. The second-order valence-corrected chi connectivity index (χ2v) is 6.34. The molecule has 0 aromatic carbocycles. The lowest BCUT2D eigenvalue weighted by Crippen LogP contribution is -2.49. The Morgan fingerprint density at radius 2 is 1.88 bits per heavy atom. The van der Waals surface area contributed by atoms with Gasteiger partial charge in [-0.25, -0.2) is 4.79 Å². The maximum absolute atomic E-state index is 12.1. The zero-order valence-corrected chi connectivity index (χ0v) is 11.4. The topological polar surface area (TPSA) is 32.8 Å². The van der Waals surface area contributed by atoms with Crippen LogP contribution < -0.4 is 0 Å². The van der Waals surface area contributed by atoms with Crippen LogP contribution in [0, 0.1) is 5.92 Å². The van der Waals surface area contributed by atoms with Crippen LogP contribution in [0.4, 0.5) is 4.79 Å². The van der Waals surface area contributed by atoms with Gasteiger partial charge < -0.3 is 14.5 Å². The molecule has 2 aliphatic heterocycles. The molecule has 4 heteroatoms. The summed E-state index contributed by atoms with van der Waals surface area (Å²) >= 11 is 0. The van der Waals surface area contributed by atoms with E-state index in [2.05, 4.69) is 11.9 Å². The molecule has 2 atom stereocenters. The van der Waals surface area contributed by atoms with E-state index in [4.69, 9.17) is 4.74 Å². The number of carbonyl (C=O) groups is 1. The molecule has 2 unspecified atom stereocenters. The molecule has 17 heavy (non-hydrogen) atoms. The van der Waals surface area contributed by atoms with Gasteiger partial charge in [-0.15, -0.1) is 0 Å². The Morgan fingerprint density at radius 3 is 2.53 bits per heavy atom. The number of nitrogens with zero attached hydrogens (tertiary/aromatic N) is 2. The Morgan fingerprint density at radius 1 is 1.24 bits per heavy atom. The fraction of sp³-hybridized carbons (Fsp3) is 0.923. The molecule has 0 saturated carbocycles. The van der Waals surface area contributed by atoms with Gasteiger partial charge in [-0.2, -0.15) is 0 Å². The fourth-order valence-corrected chi connectivity index (χ4v) is 2.85. The third kappa shape index (κ3) is 2.92. The van der Waals surface area contributed by atoms with E-state index in [-0.39, 0.29) is 6.09 Å². The highest BCUT2D eigenvalue weighted by atomic mass is 16.6. The molecule has 2 saturated heterocycles. The van der Waals surface area contributed by atoms with Gasteiger partial charge in [-0.1, -0.05) is 0 Å². The number of piperidine rings is 1. The summed E-state index contributed by atoms with van der Waals surface area (Å²) in [5.41, 5.74) is -0.393. The summed E-state index contributed by atoms with van der Waals surface area (Å²) in [4.78, 5) is 16.4. The first-order valence-corrected chi connectivity index (χ1v) is 6.55. The maximum Gasteiger partial charge on any atom is 0.410 e. The van der Waals surface area contributed by atoms with Gasteiger partial charge in [0.25, 0.3) is 0 Å². The van der Waals surface area contributed by atoms with Gasteiger partial charge in [0.15, 0.2) is 0 Å². The van der Waals surface area contributed by atoms with Gasteiger partial charge in [0.05, 0.1) is 6.04 Å². The number of amides is 1. The van der Waals surface area contributed by atoms with Crippen molar-refractivity contribution in [3.8, 4) is 0 Å². The molecule has 1 amide bonds. The van der Waals surface area contributed by atoms with Crippen LogP contribution >= 0.6 is 0 Å². The van der Waals surface area contributed by atoms with E-state index < -0.39 is 5.60 Å². The van der Waals surface area contributed by atoms with Crippen molar-refractivity contribution in [2.45, 2.75) is 45.3 Å². The van der Waals surface area contributed by atoms with Gasteiger partial charge in [-0.3, -0.25) is 0 Å². The minimum atomic E-state index is -0.393. The lowest BCUT2D eigenvalue weighted by molar-refractivity contribution is 0.0143. The van der Waals surface area contributed by atoms with Gasteiger partial charge in [0, 0.05) is 13.1 Å². The summed E-state index contributed by atoms with van der Waals surface area (Å²) in [6.07, 6.45) is 2.21. The zero-order chi connectivity index (χ0) is 12.6. The van der Waals surface area contributed by atoms with E-state index in [1.54, 1.807) is 0 Å². The summed E-state index contributed by atoms with van der Waals surface area (Å²) in [7, 11) is 2.13. The Kier molecular flexibility index (Phi) is 3.34. The summed E-state index contributed by atoms with van der Waals surface area (Å²) in [6, 6.07) is 0.364. The van der Waals surface area contributed by atoms with Gasteiger partial charge >= 0.3 is 6.09 Å². The molecular weight excluding hydrogens is 216 g/mol. The third-order valence-electron chi connectivity index (χ3n) is 3.69. The van der Waals surface area contributed by atoms with Crippen molar-refractivity contribution in [3.05, 3.63) is 0 Å². The van der Waals surface area contributed by atoms with Crippen LogP contribution in [0.1, 0.15) is 33.6 Å². The van der Waals surface area contributed by atoms with Crippen molar-refractivity contribution < 1.29 is 9.53 Å². The molecule has 0 aliphatic carbocycles. The van der Waals surface area contributed by atoms with Crippen molar-refractivity contribution in [3.63, 3.8) is 0 Å². The van der Waals surface area contributed by atoms with Crippen LogP contribution in [0.2, 0.25) is 0 Å². The molecular formula is C13H24N2O2. The molecule has 2 fully saturated rings. The van der Waals surface area contributed by atoms with Gasteiger partial charge in [0.1, 0.15) is 5.60 Å². The Balaban J connectivity index is 1.99. The highest BCUT2D eigenvalue weighted by Gasteiger charge is 2.41. The second kappa shape index (κ2) is 4.48. The predicted octanol–water partition coefficient (Wildman–Crippen LogP) is 1.95. The molecule has 0 spiro atoms. The van der Waals surface area contributed by atoms with E-state index in [1.807, 2.05) is 25.7 Å². The highest BCUT2D eigenvalue weighted by Crippen LogP contribution is 2.32. The lowest BCUT2D eigenvalue weighted by Gasteiger charge is -2.37. The molecule has 0 aromatic rings. The molecule has 2 aliphatic rings. The van der Waals surface area contributed by atoms with E-state index >= 15 is 0 Å². The Labute approximate surface area is 104 Å². The Bertz CT molecular complexity index is 298. The number of rotatable bonds is 0. The number of ether oxygens (including phenoxy) is 1. The maximum atomic E-state index is 12.1. The number of likely N-dealkylation sites (N-methyl/N-ethyl adjacent to an activating group) is 1. The van der Waals surface area contributed by atoms with E-state index in [0.29, 0.717) is 12.0 Å². The average molecular weight is 240 g/mol. The van der Waals surface area contributed by atoms with Crippen molar-refractivity contribution in [2.24, 2.45) is 5.92 Å². The van der Waals surface area contributed by atoms with Crippen LogP contribution in [0.5, 0.6) is 0 Å². The first kappa shape index (κ1) is 12.7. The fourth-order valence-electron chi connectivity index (χ4n) is 2.85. The lowest BCUT2D eigenvalue weighted by atomic mass is 9.92. The average Bonchev–Trinajstić information content (AvgIpc) is 2.57. The van der Waals surface area contributed by atoms with Crippen molar-refractivity contribution >= 4 is 6.09 Å². The molecule has 0 N–H and O–H groups in total. The van der Waals surface area contributed by atoms with Gasteiger partial charge in [-0.05, 0) is 53.1 Å². The van der Waals surface area contributed by atoms with E-state index in [9.17, 15) is 4.79 Å². The molecule has 0 aromatic heterocycles. The first-order chi connectivity index (χ1) is 7.87. The van der Waals surface area contributed by atoms with Crippen molar-refractivity contribution in [2.75, 3.05) is 26.7 Å². The number of carbonyl (C=O) groups excluding carboxylic acids is 1. The second-order valence-electron chi connectivity index (χ2n) is 6.34. The zero-order valence-electron chi connectivity index (χ0n) is 11.4. The summed E-state index contributed by atoms with van der Waals surface area (Å²) < 4.78 is 5.47. The summed E-state index contributed by atoms with van der Waals surface area (Å²) in [6.45, 7) is 8.77. The van der Waals surface area contributed by atoms with Crippen LogP contribution in [0.15, 0.2) is 0 Å². The van der Waals surface area contributed by atoms with Crippen LogP contribution in [0.3, 0.4) is 0 Å². The molecule has 0 bridgehead atoms. The largest absolute Gasteiger partial charge is 0.444 e.